The van der Waals surface area contributed by atoms with Crippen LogP contribution in [0.15, 0.2) is 10.8 Å². The number of nitrogens with zero attached hydrogens (tertiary/aromatic N) is 2. The fourth-order valence-electron chi connectivity index (χ4n) is 0.340. The summed E-state index contributed by atoms with van der Waals surface area (Å²) in [6.07, 6.45) is 2.50. The van der Waals surface area contributed by atoms with Gasteiger partial charge in [0.15, 0.2) is 0 Å². The molecular formula is C4H6N2O. The minimum absolute atomic E-state index is 0.892. The quantitative estimate of drug-likeness (QED) is 0.517. The van der Waals surface area contributed by atoms with E-state index < -0.39 is 0 Å². The van der Waals surface area contributed by atoms with Crippen molar-refractivity contribution in [3.05, 3.63) is 11.9 Å². The zero-order chi connectivity index (χ0) is 5.11. The maximum absolute atomic E-state index is 4.31. The highest BCUT2D eigenvalue weighted by atomic mass is 16.6. The van der Waals surface area contributed by atoms with Crippen molar-refractivity contribution in [3.63, 3.8) is 0 Å². The van der Waals surface area contributed by atoms with Gasteiger partial charge in [-0.1, -0.05) is 17.2 Å². The predicted molar refractivity (Wildman–Crippen MR) is 23.7 cm³/mol. The van der Waals surface area contributed by atoms with Gasteiger partial charge in [-0.25, -0.2) is 4.63 Å². The molecule has 0 saturated heterocycles. The molecule has 1 aromatic rings. The summed E-state index contributed by atoms with van der Waals surface area (Å²) in [6.45, 7) is 2.00. The Bertz CT molecular complexity index is 124. The molecule has 0 aromatic carbocycles. The van der Waals surface area contributed by atoms with Crippen molar-refractivity contribution < 1.29 is 4.63 Å². The Hall–Kier alpha value is -0.860. The second kappa shape index (κ2) is 1.73. The molecule has 1 rings (SSSR count). The maximum atomic E-state index is 4.31. The van der Waals surface area contributed by atoms with Crippen LogP contribution < -0.4 is 0 Å². The summed E-state index contributed by atoms with van der Waals surface area (Å²) >= 11 is 0. The average Bonchev–Trinajstić information content (AvgIpc) is 2.14. The standard InChI is InChI=1S/C4H6N2O/c1-2-4-3-5-7-6-4/h3H,2H2,1H3. The third-order valence-corrected chi connectivity index (χ3v) is 0.769. The van der Waals surface area contributed by atoms with Crippen molar-refractivity contribution in [1.29, 1.82) is 0 Å². The minimum atomic E-state index is 0.892. The van der Waals surface area contributed by atoms with Crippen LogP contribution in [-0.4, -0.2) is 10.3 Å². The van der Waals surface area contributed by atoms with Crippen LogP contribution in [0, 0.1) is 0 Å². The Labute approximate surface area is 41.3 Å². The SMILES string of the molecule is CCc1cnon1. The number of rotatable bonds is 1. The first-order chi connectivity index (χ1) is 3.43. The number of hydrogen-bond acceptors (Lipinski definition) is 3. The first-order valence-corrected chi connectivity index (χ1v) is 2.20. The summed E-state index contributed by atoms with van der Waals surface area (Å²) in [6, 6.07) is 0. The van der Waals surface area contributed by atoms with Crippen LogP contribution in [0.4, 0.5) is 0 Å². The fraction of sp³-hybridized carbons (Fsp3) is 0.500. The van der Waals surface area contributed by atoms with Crippen LogP contribution in [0.25, 0.3) is 0 Å². The van der Waals surface area contributed by atoms with Crippen molar-refractivity contribution in [2.75, 3.05) is 0 Å². The lowest BCUT2D eigenvalue weighted by Crippen LogP contribution is -1.73. The van der Waals surface area contributed by atoms with E-state index >= 15 is 0 Å². The van der Waals surface area contributed by atoms with Gasteiger partial charge < -0.3 is 0 Å². The Kier molecular flexibility index (Phi) is 1.06. The molecule has 0 aliphatic carbocycles. The van der Waals surface area contributed by atoms with Gasteiger partial charge in [0.25, 0.3) is 0 Å². The molecule has 0 fully saturated rings. The van der Waals surface area contributed by atoms with Gasteiger partial charge in [0.2, 0.25) is 0 Å². The van der Waals surface area contributed by atoms with Gasteiger partial charge in [-0.15, -0.1) is 0 Å². The van der Waals surface area contributed by atoms with Crippen molar-refractivity contribution in [1.82, 2.24) is 10.3 Å². The van der Waals surface area contributed by atoms with E-state index in [0.717, 1.165) is 12.1 Å². The molecule has 38 valence electrons. The summed E-state index contributed by atoms with van der Waals surface area (Å²) in [5, 5.41) is 6.96. The van der Waals surface area contributed by atoms with Gasteiger partial charge >= 0.3 is 0 Å². The summed E-state index contributed by atoms with van der Waals surface area (Å²) in [5.41, 5.74) is 0.903. The normalized spacial score (nSPS) is 9.29. The van der Waals surface area contributed by atoms with Crippen LogP contribution in [-0.2, 0) is 6.42 Å². The van der Waals surface area contributed by atoms with Crippen LogP contribution in [0.3, 0.4) is 0 Å². The summed E-state index contributed by atoms with van der Waals surface area (Å²) in [4.78, 5) is 0. The highest BCUT2D eigenvalue weighted by Gasteiger charge is 1.87. The van der Waals surface area contributed by atoms with Crippen LogP contribution in [0.1, 0.15) is 12.6 Å². The number of aromatic nitrogens is 2. The minimum Gasteiger partial charge on any atom is -0.244 e. The lowest BCUT2D eigenvalue weighted by atomic mass is 10.4. The lowest BCUT2D eigenvalue weighted by molar-refractivity contribution is 0.303. The highest BCUT2D eigenvalue weighted by molar-refractivity contribution is 4.86. The summed E-state index contributed by atoms with van der Waals surface area (Å²) in [7, 11) is 0. The van der Waals surface area contributed by atoms with Crippen molar-refractivity contribution >= 4 is 0 Å². The van der Waals surface area contributed by atoms with E-state index in [4.69, 9.17) is 0 Å². The molecule has 3 nitrogen and oxygen atoms in total. The summed E-state index contributed by atoms with van der Waals surface area (Å²) in [5.74, 6) is 0. The Morgan fingerprint density at radius 2 is 2.71 bits per heavy atom. The largest absolute Gasteiger partial charge is 0.244 e. The smallest absolute Gasteiger partial charge is 0.104 e. The molecule has 3 heteroatoms. The molecule has 0 bridgehead atoms. The fourth-order valence-corrected chi connectivity index (χ4v) is 0.340. The van der Waals surface area contributed by atoms with Crippen LogP contribution in [0.2, 0.25) is 0 Å². The Morgan fingerprint density at radius 3 is 3.00 bits per heavy atom. The molecule has 1 aromatic heterocycles. The predicted octanol–water partition coefficient (Wildman–Crippen LogP) is 0.632. The van der Waals surface area contributed by atoms with E-state index in [1.54, 1.807) is 6.20 Å². The Balaban J connectivity index is 2.76. The maximum Gasteiger partial charge on any atom is 0.104 e. The van der Waals surface area contributed by atoms with E-state index in [1.165, 1.54) is 0 Å². The first-order valence-electron chi connectivity index (χ1n) is 2.20. The van der Waals surface area contributed by atoms with Gasteiger partial charge in [0.05, 0.1) is 6.20 Å². The second-order valence-electron chi connectivity index (χ2n) is 1.25. The van der Waals surface area contributed by atoms with E-state index in [0.29, 0.717) is 0 Å². The van der Waals surface area contributed by atoms with Crippen molar-refractivity contribution in [2.24, 2.45) is 0 Å². The van der Waals surface area contributed by atoms with Crippen LogP contribution in [0.5, 0.6) is 0 Å². The zero-order valence-corrected chi connectivity index (χ0v) is 4.09. The first kappa shape index (κ1) is 4.30. The third-order valence-electron chi connectivity index (χ3n) is 0.769. The molecule has 0 radical (unpaired) electrons. The van der Waals surface area contributed by atoms with E-state index in [1.807, 2.05) is 6.92 Å². The van der Waals surface area contributed by atoms with Crippen LogP contribution >= 0.6 is 0 Å². The van der Waals surface area contributed by atoms with Crippen molar-refractivity contribution in [2.45, 2.75) is 13.3 Å². The van der Waals surface area contributed by atoms with Gasteiger partial charge in [0, 0.05) is 0 Å². The third kappa shape index (κ3) is 0.765. The topological polar surface area (TPSA) is 38.9 Å². The van der Waals surface area contributed by atoms with E-state index in [9.17, 15) is 0 Å². The number of aryl methyl sites for hydroxylation is 1. The van der Waals surface area contributed by atoms with E-state index in [2.05, 4.69) is 14.9 Å². The van der Waals surface area contributed by atoms with Gasteiger partial charge in [-0.2, -0.15) is 0 Å². The van der Waals surface area contributed by atoms with Gasteiger partial charge in [0.1, 0.15) is 5.69 Å². The monoisotopic (exact) mass is 98.0 g/mol. The Morgan fingerprint density at radius 1 is 1.86 bits per heavy atom. The molecule has 1 heterocycles. The number of hydrogen-bond donors (Lipinski definition) is 0. The molecular weight excluding hydrogens is 92.1 g/mol. The molecule has 0 unspecified atom stereocenters. The van der Waals surface area contributed by atoms with Gasteiger partial charge in [-0.05, 0) is 6.42 Å². The van der Waals surface area contributed by atoms with E-state index in [-0.39, 0.29) is 0 Å². The molecule has 0 saturated carbocycles. The molecule has 7 heavy (non-hydrogen) atoms. The average molecular weight is 98.1 g/mol. The van der Waals surface area contributed by atoms with Crippen molar-refractivity contribution in [3.8, 4) is 0 Å². The highest BCUT2D eigenvalue weighted by Crippen LogP contribution is 1.88. The molecule has 0 atom stereocenters. The van der Waals surface area contributed by atoms with Gasteiger partial charge in [-0.3, -0.25) is 0 Å². The molecule has 0 aliphatic rings. The molecule has 0 N–H and O–H groups in total. The lowest BCUT2D eigenvalue weighted by Gasteiger charge is -1.72. The second-order valence-corrected chi connectivity index (χ2v) is 1.25. The molecule has 0 amide bonds. The summed E-state index contributed by atoms with van der Waals surface area (Å²) < 4.78 is 4.31. The molecule has 0 aliphatic heterocycles. The zero-order valence-electron chi connectivity index (χ0n) is 4.09. The molecule has 0 spiro atoms.